The van der Waals surface area contributed by atoms with Crippen LogP contribution in [-0.4, -0.2) is 32.8 Å². The van der Waals surface area contributed by atoms with Gasteiger partial charge < -0.3 is 14.2 Å². The second-order valence-corrected chi connectivity index (χ2v) is 6.73. The van der Waals surface area contributed by atoms with E-state index in [4.69, 9.17) is 9.26 Å². The molecule has 7 nitrogen and oxygen atoms in total. The molecule has 3 aromatic rings. The molecule has 1 amide bonds. The Morgan fingerprint density at radius 1 is 1.26 bits per heavy atom. The van der Waals surface area contributed by atoms with Crippen LogP contribution >= 0.6 is 0 Å². The quantitative estimate of drug-likeness (QED) is 0.668. The molecule has 3 rings (SSSR count). The van der Waals surface area contributed by atoms with E-state index in [-0.39, 0.29) is 18.2 Å². The standard InChI is InChI=1S/C20H24N4O3/c1-13-6-7-18(14(2)10-13)26-12-17-15(3)27-22-19(17)20(25)23(4)11-16-8-9-21-24(16)5/h6-10H,11-12H2,1-5H3. The highest BCUT2D eigenvalue weighted by Crippen LogP contribution is 2.23. The number of aromatic nitrogens is 3. The van der Waals surface area contributed by atoms with Crippen LogP contribution < -0.4 is 4.74 Å². The van der Waals surface area contributed by atoms with Crippen LogP contribution in [0.1, 0.15) is 38.6 Å². The Kier molecular flexibility index (Phi) is 5.30. The Morgan fingerprint density at radius 3 is 2.70 bits per heavy atom. The summed E-state index contributed by atoms with van der Waals surface area (Å²) in [6, 6.07) is 7.87. The number of ether oxygens (including phenoxy) is 1. The van der Waals surface area contributed by atoms with Gasteiger partial charge in [-0.05, 0) is 38.5 Å². The first-order chi connectivity index (χ1) is 12.9. The van der Waals surface area contributed by atoms with Crippen molar-refractivity contribution in [1.29, 1.82) is 0 Å². The van der Waals surface area contributed by atoms with Gasteiger partial charge in [0.25, 0.3) is 5.91 Å². The summed E-state index contributed by atoms with van der Waals surface area (Å²) in [5, 5.41) is 8.09. The molecule has 0 atom stereocenters. The van der Waals surface area contributed by atoms with E-state index in [0.717, 1.165) is 17.0 Å². The topological polar surface area (TPSA) is 73.4 Å². The molecule has 0 radical (unpaired) electrons. The van der Waals surface area contributed by atoms with Crippen LogP contribution in [0.3, 0.4) is 0 Å². The summed E-state index contributed by atoms with van der Waals surface area (Å²) in [7, 11) is 3.57. The number of hydrogen-bond donors (Lipinski definition) is 0. The Bertz CT molecular complexity index is 958. The van der Waals surface area contributed by atoms with E-state index in [9.17, 15) is 4.79 Å². The van der Waals surface area contributed by atoms with Crippen LogP contribution in [0.4, 0.5) is 0 Å². The van der Waals surface area contributed by atoms with Crippen molar-refractivity contribution in [3.05, 3.63) is 64.3 Å². The van der Waals surface area contributed by atoms with E-state index in [1.807, 2.05) is 39.1 Å². The van der Waals surface area contributed by atoms with Gasteiger partial charge in [-0.1, -0.05) is 22.9 Å². The van der Waals surface area contributed by atoms with E-state index in [2.05, 4.69) is 16.3 Å². The molecule has 0 aliphatic rings. The molecule has 0 saturated heterocycles. The van der Waals surface area contributed by atoms with E-state index in [0.29, 0.717) is 17.9 Å². The van der Waals surface area contributed by atoms with Gasteiger partial charge in [-0.3, -0.25) is 9.48 Å². The van der Waals surface area contributed by atoms with E-state index >= 15 is 0 Å². The monoisotopic (exact) mass is 368 g/mol. The third-order valence-electron chi connectivity index (χ3n) is 4.56. The van der Waals surface area contributed by atoms with Gasteiger partial charge in [0.15, 0.2) is 5.69 Å². The summed E-state index contributed by atoms with van der Waals surface area (Å²) in [4.78, 5) is 14.4. The Labute approximate surface area is 158 Å². The molecule has 2 aromatic heterocycles. The number of carbonyl (C=O) groups is 1. The summed E-state index contributed by atoms with van der Waals surface area (Å²) < 4.78 is 12.9. The van der Waals surface area contributed by atoms with Crippen molar-refractivity contribution in [2.24, 2.45) is 7.05 Å². The fourth-order valence-electron chi connectivity index (χ4n) is 2.89. The third-order valence-corrected chi connectivity index (χ3v) is 4.56. The van der Waals surface area contributed by atoms with Crippen molar-refractivity contribution in [3.8, 4) is 5.75 Å². The van der Waals surface area contributed by atoms with Crippen molar-refractivity contribution in [2.75, 3.05) is 7.05 Å². The normalized spacial score (nSPS) is 10.9. The predicted molar refractivity (Wildman–Crippen MR) is 100 cm³/mol. The van der Waals surface area contributed by atoms with Crippen molar-refractivity contribution >= 4 is 5.91 Å². The summed E-state index contributed by atoms with van der Waals surface area (Å²) >= 11 is 0. The maximum absolute atomic E-state index is 12.9. The molecule has 0 bridgehead atoms. The van der Waals surface area contributed by atoms with Crippen LogP contribution in [-0.2, 0) is 20.2 Å². The van der Waals surface area contributed by atoms with Crippen LogP contribution in [0.2, 0.25) is 0 Å². The maximum Gasteiger partial charge on any atom is 0.276 e. The largest absolute Gasteiger partial charge is 0.488 e. The number of amides is 1. The Morgan fingerprint density at radius 2 is 2.04 bits per heavy atom. The number of carbonyl (C=O) groups excluding carboxylic acids is 1. The zero-order valence-corrected chi connectivity index (χ0v) is 16.3. The average Bonchev–Trinajstić information content (AvgIpc) is 3.19. The molecular formula is C20H24N4O3. The summed E-state index contributed by atoms with van der Waals surface area (Å²) in [6.07, 6.45) is 1.71. The van der Waals surface area contributed by atoms with Crippen molar-refractivity contribution < 1.29 is 14.1 Å². The fraction of sp³-hybridized carbons (Fsp3) is 0.350. The zero-order valence-electron chi connectivity index (χ0n) is 16.3. The second kappa shape index (κ2) is 7.65. The predicted octanol–water partition coefficient (Wildman–Crippen LogP) is 3.18. The van der Waals surface area contributed by atoms with Gasteiger partial charge >= 0.3 is 0 Å². The SMILES string of the molecule is Cc1ccc(OCc2c(C(=O)N(C)Cc3ccnn3C)noc2C)c(C)c1. The molecule has 1 aromatic carbocycles. The van der Waals surface area contributed by atoms with Gasteiger partial charge in [-0.15, -0.1) is 0 Å². The number of nitrogens with zero attached hydrogens (tertiary/aromatic N) is 4. The molecule has 0 aliphatic carbocycles. The highest BCUT2D eigenvalue weighted by Gasteiger charge is 2.24. The van der Waals surface area contributed by atoms with Gasteiger partial charge in [-0.2, -0.15) is 5.10 Å². The van der Waals surface area contributed by atoms with Crippen molar-refractivity contribution in [2.45, 2.75) is 33.9 Å². The summed E-state index contributed by atoms with van der Waals surface area (Å²) in [5.41, 5.74) is 4.09. The lowest BCUT2D eigenvalue weighted by molar-refractivity contribution is 0.0769. The molecule has 7 heteroatoms. The molecule has 0 spiro atoms. The van der Waals surface area contributed by atoms with Gasteiger partial charge in [0, 0.05) is 20.3 Å². The number of rotatable bonds is 6. The Balaban J connectivity index is 1.75. The summed E-state index contributed by atoms with van der Waals surface area (Å²) in [6.45, 7) is 6.47. The molecule has 2 heterocycles. The Hall–Kier alpha value is -3.09. The van der Waals surface area contributed by atoms with Crippen molar-refractivity contribution in [1.82, 2.24) is 19.8 Å². The smallest absolute Gasteiger partial charge is 0.276 e. The highest BCUT2D eigenvalue weighted by atomic mass is 16.5. The third kappa shape index (κ3) is 4.02. The molecule has 27 heavy (non-hydrogen) atoms. The number of benzene rings is 1. The van der Waals surface area contributed by atoms with Crippen LogP contribution in [0.25, 0.3) is 0 Å². The van der Waals surface area contributed by atoms with Crippen LogP contribution in [0.5, 0.6) is 5.75 Å². The molecule has 0 fully saturated rings. The first-order valence-corrected chi connectivity index (χ1v) is 8.74. The lowest BCUT2D eigenvalue weighted by Crippen LogP contribution is -2.28. The lowest BCUT2D eigenvalue weighted by atomic mass is 10.1. The number of aryl methyl sites for hydroxylation is 4. The fourth-order valence-corrected chi connectivity index (χ4v) is 2.89. The minimum Gasteiger partial charge on any atom is -0.488 e. The number of hydrogen-bond acceptors (Lipinski definition) is 5. The molecule has 0 aliphatic heterocycles. The van der Waals surface area contributed by atoms with E-state index in [1.54, 1.807) is 29.7 Å². The molecule has 0 unspecified atom stereocenters. The van der Waals surface area contributed by atoms with Gasteiger partial charge in [0.2, 0.25) is 0 Å². The van der Waals surface area contributed by atoms with E-state index < -0.39 is 0 Å². The second-order valence-electron chi connectivity index (χ2n) is 6.73. The molecule has 0 N–H and O–H groups in total. The van der Waals surface area contributed by atoms with Crippen molar-refractivity contribution in [3.63, 3.8) is 0 Å². The maximum atomic E-state index is 12.9. The average molecular weight is 368 g/mol. The summed E-state index contributed by atoms with van der Waals surface area (Å²) in [5.74, 6) is 1.15. The van der Waals surface area contributed by atoms with E-state index in [1.165, 1.54) is 5.56 Å². The zero-order chi connectivity index (χ0) is 19.6. The van der Waals surface area contributed by atoms with Gasteiger partial charge in [0.1, 0.15) is 18.1 Å². The highest BCUT2D eigenvalue weighted by molar-refractivity contribution is 5.93. The van der Waals surface area contributed by atoms with Gasteiger partial charge in [0.05, 0.1) is 17.8 Å². The lowest BCUT2D eigenvalue weighted by Gasteiger charge is -2.16. The first kappa shape index (κ1) is 18.7. The van der Waals surface area contributed by atoms with Crippen LogP contribution in [0.15, 0.2) is 35.0 Å². The van der Waals surface area contributed by atoms with Crippen LogP contribution in [0, 0.1) is 20.8 Å². The minimum atomic E-state index is -0.215. The minimum absolute atomic E-state index is 0.215. The van der Waals surface area contributed by atoms with Gasteiger partial charge in [-0.25, -0.2) is 0 Å². The molecule has 0 saturated carbocycles. The molecule has 142 valence electrons. The molecular weight excluding hydrogens is 344 g/mol. The first-order valence-electron chi connectivity index (χ1n) is 8.74.